The molecular weight excluding hydrogens is 417 g/mol. The van der Waals surface area contributed by atoms with Crippen LogP contribution in [0.15, 0.2) is 54.7 Å². The van der Waals surface area contributed by atoms with Crippen molar-refractivity contribution in [2.75, 3.05) is 23.9 Å². The fourth-order valence-electron chi connectivity index (χ4n) is 3.08. The second-order valence-corrected chi connectivity index (χ2v) is 7.73. The molecule has 0 amide bonds. The first kappa shape index (κ1) is 23.4. The minimum Gasteiger partial charge on any atom is -0.494 e. The van der Waals surface area contributed by atoms with E-state index in [1.54, 1.807) is 43.4 Å². The van der Waals surface area contributed by atoms with Gasteiger partial charge in [0.25, 0.3) is 0 Å². The van der Waals surface area contributed by atoms with Crippen LogP contribution in [0.25, 0.3) is 0 Å². The van der Waals surface area contributed by atoms with Crippen molar-refractivity contribution >= 4 is 23.1 Å². The van der Waals surface area contributed by atoms with E-state index in [4.69, 9.17) is 4.74 Å². The van der Waals surface area contributed by atoms with E-state index in [1.807, 2.05) is 19.1 Å². The van der Waals surface area contributed by atoms with E-state index in [0.717, 1.165) is 23.9 Å². The lowest BCUT2D eigenvalue weighted by molar-refractivity contribution is -0.137. The van der Waals surface area contributed by atoms with E-state index in [-0.39, 0.29) is 11.8 Å². The summed E-state index contributed by atoms with van der Waals surface area (Å²) in [6.07, 6.45) is -2.88. The standard InChI is InChI=1S/C24H27F3N4O/c1-5-14-32-20-12-8-18(9-13-20)29-23-28-15-21(24(25,26)27)22(30-23)31(4)19-10-6-17(7-11-19)16(2)3/h6-13,15-16H,5,14H2,1-4H3,(H,28,29,30). The van der Waals surface area contributed by atoms with Crippen LogP contribution in [0.4, 0.5) is 36.3 Å². The molecule has 0 aliphatic carbocycles. The van der Waals surface area contributed by atoms with Crippen LogP contribution in [0.5, 0.6) is 5.75 Å². The summed E-state index contributed by atoms with van der Waals surface area (Å²) in [6.45, 7) is 6.75. The number of benzene rings is 2. The number of hydrogen-bond acceptors (Lipinski definition) is 5. The van der Waals surface area contributed by atoms with Gasteiger partial charge in [0.2, 0.25) is 5.95 Å². The Balaban J connectivity index is 1.89. The molecule has 3 rings (SSSR count). The third kappa shape index (κ3) is 5.69. The summed E-state index contributed by atoms with van der Waals surface area (Å²) in [5.74, 6) is 0.890. The molecule has 0 bridgehead atoms. The summed E-state index contributed by atoms with van der Waals surface area (Å²) < 4.78 is 46.5. The van der Waals surface area contributed by atoms with E-state index in [2.05, 4.69) is 29.1 Å². The predicted molar refractivity (Wildman–Crippen MR) is 121 cm³/mol. The van der Waals surface area contributed by atoms with Crippen LogP contribution in [0.1, 0.15) is 44.2 Å². The zero-order valence-electron chi connectivity index (χ0n) is 18.6. The lowest BCUT2D eigenvalue weighted by Crippen LogP contribution is -2.19. The Bertz CT molecular complexity index is 1020. The number of hydrogen-bond donors (Lipinski definition) is 1. The molecule has 0 saturated carbocycles. The van der Waals surface area contributed by atoms with Gasteiger partial charge >= 0.3 is 6.18 Å². The Morgan fingerprint density at radius 1 is 1.03 bits per heavy atom. The van der Waals surface area contributed by atoms with Crippen molar-refractivity contribution in [3.05, 3.63) is 65.9 Å². The van der Waals surface area contributed by atoms with Gasteiger partial charge in [-0.15, -0.1) is 0 Å². The molecule has 5 nitrogen and oxygen atoms in total. The molecule has 0 spiro atoms. The fourth-order valence-corrected chi connectivity index (χ4v) is 3.08. The Kier molecular flexibility index (Phi) is 7.22. The van der Waals surface area contributed by atoms with Crippen molar-refractivity contribution in [1.82, 2.24) is 9.97 Å². The third-order valence-corrected chi connectivity index (χ3v) is 4.92. The fraction of sp³-hybridized carbons (Fsp3) is 0.333. The number of halogens is 3. The number of rotatable bonds is 8. The maximum Gasteiger partial charge on any atom is 0.421 e. The highest BCUT2D eigenvalue weighted by molar-refractivity contribution is 5.65. The van der Waals surface area contributed by atoms with Gasteiger partial charge in [0.15, 0.2) is 5.82 Å². The maximum absolute atomic E-state index is 13.7. The van der Waals surface area contributed by atoms with Crippen LogP contribution in [0.3, 0.4) is 0 Å². The van der Waals surface area contributed by atoms with Crippen molar-refractivity contribution in [3.8, 4) is 5.75 Å². The summed E-state index contributed by atoms with van der Waals surface area (Å²) in [6, 6.07) is 14.5. The quantitative estimate of drug-likeness (QED) is 0.409. The van der Waals surface area contributed by atoms with Crippen molar-refractivity contribution in [1.29, 1.82) is 0 Å². The largest absolute Gasteiger partial charge is 0.494 e. The highest BCUT2D eigenvalue weighted by Crippen LogP contribution is 2.38. The molecule has 0 atom stereocenters. The van der Waals surface area contributed by atoms with Gasteiger partial charge in [-0.2, -0.15) is 18.2 Å². The number of nitrogens with one attached hydrogen (secondary N) is 1. The first-order valence-corrected chi connectivity index (χ1v) is 10.5. The molecule has 2 aromatic carbocycles. The second kappa shape index (κ2) is 9.89. The van der Waals surface area contributed by atoms with Crippen molar-refractivity contribution in [2.45, 2.75) is 39.3 Å². The normalized spacial score (nSPS) is 11.5. The average molecular weight is 445 g/mol. The Morgan fingerprint density at radius 3 is 2.25 bits per heavy atom. The minimum atomic E-state index is -4.59. The summed E-state index contributed by atoms with van der Waals surface area (Å²) in [5, 5.41) is 2.96. The van der Waals surface area contributed by atoms with E-state index >= 15 is 0 Å². The van der Waals surface area contributed by atoms with Crippen LogP contribution >= 0.6 is 0 Å². The van der Waals surface area contributed by atoms with Crippen molar-refractivity contribution < 1.29 is 17.9 Å². The maximum atomic E-state index is 13.7. The van der Waals surface area contributed by atoms with Gasteiger partial charge in [0.05, 0.1) is 6.61 Å². The van der Waals surface area contributed by atoms with Gasteiger partial charge < -0.3 is 15.0 Å². The molecule has 0 unspecified atom stereocenters. The Morgan fingerprint density at radius 2 is 1.69 bits per heavy atom. The molecule has 32 heavy (non-hydrogen) atoms. The number of anilines is 4. The Hall–Kier alpha value is -3.29. The molecular formula is C24H27F3N4O. The molecule has 8 heteroatoms. The van der Waals surface area contributed by atoms with Gasteiger partial charge in [-0.25, -0.2) is 4.98 Å². The first-order chi connectivity index (χ1) is 15.2. The number of nitrogens with zero attached hydrogens (tertiary/aromatic N) is 3. The summed E-state index contributed by atoms with van der Waals surface area (Å²) in [4.78, 5) is 9.50. The molecule has 3 aromatic rings. The SMILES string of the molecule is CCCOc1ccc(Nc2ncc(C(F)(F)F)c(N(C)c3ccc(C(C)C)cc3)n2)cc1. The summed E-state index contributed by atoms with van der Waals surface area (Å²) in [5.41, 5.74) is 1.45. The van der Waals surface area contributed by atoms with Crippen LogP contribution in [0.2, 0.25) is 0 Å². The van der Waals surface area contributed by atoms with E-state index in [9.17, 15) is 13.2 Å². The second-order valence-electron chi connectivity index (χ2n) is 7.73. The minimum absolute atomic E-state index is 0.0703. The molecule has 0 aliphatic heterocycles. The average Bonchev–Trinajstić information content (AvgIpc) is 2.77. The zero-order valence-corrected chi connectivity index (χ0v) is 18.6. The molecule has 0 saturated heterocycles. The molecule has 0 radical (unpaired) electrons. The first-order valence-electron chi connectivity index (χ1n) is 10.5. The van der Waals surface area contributed by atoms with Gasteiger partial charge in [-0.3, -0.25) is 0 Å². The van der Waals surface area contributed by atoms with Crippen molar-refractivity contribution in [2.24, 2.45) is 0 Å². The summed E-state index contributed by atoms with van der Waals surface area (Å²) >= 11 is 0. The van der Waals surface area contributed by atoms with Crippen LogP contribution in [-0.4, -0.2) is 23.6 Å². The number of alkyl halides is 3. The van der Waals surface area contributed by atoms with Gasteiger partial charge in [0, 0.05) is 24.6 Å². The van der Waals surface area contributed by atoms with Crippen molar-refractivity contribution in [3.63, 3.8) is 0 Å². The van der Waals surface area contributed by atoms with E-state index in [1.165, 1.54) is 4.90 Å². The van der Waals surface area contributed by atoms with Crippen LogP contribution < -0.4 is 15.0 Å². The molecule has 1 aromatic heterocycles. The van der Waals surface area contributed by atoms with Gasteiger partial charge in [-0.1, -0.05) is 32.9 Å². The monoisotopic (exact) mass is 444 g/mol. The van der Waals surface area contributed by atoms with Crippen LogP contribution in [-0.2, 0) is 6.18 Å². The number of ether oxygens (including phenoxy) is 1. The topological polar surface area (TPSA) is 50.3 Å². The van der Waals surface area contributed by atoms with E-state index in [0.29, 0.717) is 23.9 Å². The molecule has 1 N–H and O–H groups in total. The van der Waals surface area contributed by atoms with Gasteiger partial charge in [-0.05, 0) is 54.3 Å². The summed E-state index contributed by atoms with van der Waals surface area (Å²) in [7, 11) is 1.56. The third-order valence-electron chi connectivity index (χ3n) is 4.92. The van der Waals surface area contributed by atoms with Crippen LogP contribution in [0, 0.1) is 0 Å². The predicted octanol–water partition coefficient (Wildman–Crippen LogP) is 6.92. The lowest BCUT2D eigenvalue weighted by Gasteiger charge is -2.23. The highest BCUT2D eigenvalue weighted by atomic mass is 19.4. The van der Waals surface area contributed by atoms with Gasteiger partial charge in [0.1, 0.15) is 11.3 Å². The molecule has 0 fully saturated rings. The number of aromatic nitrogens is 2. The smallest absolute Gasteiger partial charge is 0.421 e. The molecule has 0 aliphatic rings. The lowest BCUT2D eigenvalue weighted by atomic mass is 10.0. The zero-order chi connectivity index (χ0) is 23.3. The Labute approximate surface area is 186 Å². The molecule has 1 heterocycles. The molecule has 170 valence electrons. The highest BCUT2D eigenvalue weighted by Gasteiger charge is 2.36. The van der Waals surface area contributed by atoms with E-state index < -0.39 is 11.7 Å².